The van der Waals surface area contributed by atoms with Crippen molar-refractivity contribution in [3.8, 4) is 16.9 Å². The minimum absolute atomic E-state index is 0.0124. The molecule has 2 N–H and O–H groups in total. The Balaban J connectivity index is 1.29. The van der Waals surface area contributed by atoms with Crippen LogP contribution in [0, 0.1) is 0 Å². The van der Waals surface area contributed by atoms with E-state index in [0.29, 0.717) is 0 Å². The molecule has 2 unspecified atom stereocenters. The lowest BCUT2D eigenvalue weighted by Crippen LogP contribution is -2.50. The molecule has 0 saturated heterocycles. The second-order valence-corrected chi connectivity index (χ2v) is 16.8. The van der Waals surface area contributed by atoms with Gasteiger partial charge in [0.05, 0.1) is 22.5 Å². The quantitative estimate of drug-likeness (QED) is 0.194. The van der Waals surface area contributed by atoms with Crippen LogP contribution in [0.25, 0.3) is 11.1 Å². The smallest absolute Gasteiger partial charge is 0.118 e. The van der Waals surface area contributed by atoms with Gasteiger partial charge in [-0.05, 0) is 94.5 Å². The van der Waals surface area contributed by atoms with Gasteiger partial charge in [0.1, 0.15) is 5.75 Å². The topological polar surface area (TPSA) is 35.5 Å². The lowest BCUT2D eigenvalue weighted by Gasteiger charge is -2.46. The van der Waals surface area contributed by atoms with Gasteiger partial charge >= 0.3 is 0 Å². The summed E-state index contributed by atoms with van der Waals surface area (Å²) < 4.78 is 0. The van der Waals surface area contributed by atoms with E-state index in [1.165, 1.54) is 58.3 Å². The second kappa shape index (κ2) is 11.6. The van der Waals surface area contributed by atoms with Gasteiger partial charge in [-0.2, -0.15) is 0 Å². The predicted molar refractivity (Wildman–Crippen MR) is 217 cm³/mol. The number of aromatic hydroxyl groups is 1. The summed E-state index contributed by atoms with van der Waals surface area (Å²) >= 11 is 0. The van der Waals surface area contributed by atoms with Gasteiger partial charge < -0.3 is 15.3 Å². The van der Waals surface area contributed by atoms with Crippen molar-refractivity contribution in [3.63, 3.8) is 0 Å². The number of hydrogen-bond acceptors (Lipinski definition) is 3. The molecule has 0 aromatic heterocycles. The molecule has 3 aliphatic rings. The number of para-hydroxylation sites is 2. The third kappa shape index (κ3) is 4.64. The van der Waals surface area contributed by atoms with E-state index in [1.54, 1.807) is 0 Å². The Labute approximate surface area is 309 Å². The molecule has 0 spiro atoms. The highest BCUT2D eigenvalue weighted by molar-refractivity contribution is 5.93. The number of anilines is 4. The first-order chi connectivity index (χ1) is 25.0. The molecular formula is C49H48N2O. The van der Waals surface area contributed by atoms with Crippen LogP contribution in [0.1, 0.15) is 93.7 Å². The number of phenolic OH excluding ortho intramolecular Hbond substituents is 1. The van der Waals surface area contributed by atoms with Crippen molar-refractivity contribution in [2.24, 2.45) is 0 Å². The molecule has 1 saturated carbocycles. The van der Waals surface area contributed by atoms with Gasteiger partial charge in [-0.25, -0.2) is 0 Å². The number of nitrogens with one attached hydrogen (secondary N) is 1. The van der Waals surface area contributed by atoms with Crippen LogP contribution in [0.5, 0.6) is 5.75 Å². The predicted octanol–water partition coefficient (Wildman–Crippen LogP) is 12.5. The van der Waals surface area contributed by atoms with E-state index < -0.39 is 5.41 Å². The molecule has 2 heterocycles. The molecule has 1 fully saturated rings. The summed E-state index contributed by atoms with van der Waals surface area (Å²) in [5.41, 5.74) is 13.6. The zero-order valence-corrected chi connectivity index (χ0v) is 31.0. The molecule has 0 bridgehead atoms. The number of hydrogen-bond donors (Lipinski definition) is 2. The van der Waals surface area contributed by atoms with E-state index in [4.69, 9.17) is 0 Å². The Kier molecular flexibility index (Phi) is 7.29. The fourth-order valence-corrected chi connectivity index (χ4v) is 9.86. The first kappa shape index (κ1) is 32.6. The van der Waals surface area contributed by atoms with Crippen molar-refractivity contribution in [1.82, 2.24) is 0 Å². The standard InChI is InChI=1S/C49H48N2O/c1-46(2,3)36-30-39(45-42(31-36)47(4)26-16-17-27-48(47,5)50-45)33-28-37(32-38(52)29-33)51-43-24-14-12-22-40(43)49(34-18-8-6-9-19-34,35-20-10-7-11-21-35)41-23-13-15-25-44(41)51/h6-15,18-25,28-32,50,52H,16-17,26-27H2,1-5H3. The van der Waals surface area contributed by atoms with Gasteiger partial charge in [0, 0.05) is 28.3 Å². The fourth-order valence-electron chi connectivity index (χ4n) is 9.86. The van der Waals surface area contributed by atoms with E-state index in [1.807, 2.05) is 12.1 Å². The van der Waals surface area contributed by atoms with Gasteiger partial charge in [0.25, 0.3) is 0 Å². The van der Waals surface area contributed by atoms with E-state index in [9.17, 15) is 5.11 Å². The lowest BCUT2D eigenvalue weighted by atomic mass is 9.61. The van der Waals surface area contributed by atoms with Crippen molar-refractivity contribution < 1.29 is 5.11 Å². The first-order valence-corrected chi connectivity index (χ1v) is 19.0. The Hall–Kier alpha value is -5.28. The molecule has 6 aromatic carbocycles. The Morgan fingerprint density at radius 1 is 0.615 bits per heavy atom. The van der Waals surface area contributed by atoms with Gasteiger partial charge in [-0.1, -0.05) is 144 Å². The molecule has 0 radical (unpaired) electrons. The number of nitrogens with zero attached hydrogens (tertiary/aromatic N) is 1. The fraction of sp³-hybridized carbons (Fsp3) is 0.265. The largest absolute Gasteiger partial charge is 0.508 e. The summed E-state index contributed by atoms with van der Waals surface area (Å²) in [4.78, 5) is 2.36. The summed E-state index contributed by atoms with van der Waals surface area (Å²) in [6.07, 6.45) is 4.82. The monoisotopic (exact) mass is 680 g/mol. The van der Waals surface area contributed by atoms with Crippen molar-refractivity contribution in [1.29, 1.82) is 0 Å². The molecule has 260 valence electrons. The zero-order valence-electron chi connectivity index (χ0n) is 31.0. The highest BCUT2D eigenvalue weighted by Crippen LogP contribution is 2.60. The van der Waals surface area contributed by atoms with Gasteiger partial charge in [-0.3, -0.25) is 0 Å². The maximum atomic E-state index is 11.7. The average Bonchev–Trinajstić information content (AvgIpc) is 3.40. The van der Waals surface area contributed by atoms with Gasteiger partial charge in [0.15, 0.2) is 0 Å². The van der Waals surface area contributed by atoms with Gasteiger partial charge in [0.2, 0.25) is 0 Å². The van der Waals surface area contributed by atoms with Gasteiger partial charge in [-0.15, -0.1) is 0 Å². The highest BCUT2D eigenvalue weighted by atomic mass is 16.3. The van der Waals surface area contributed by atoms with Crippen LogP contribution in [0.3, 0.4) is 0 Å². The van der Waals surface area contributed by atoms with Crippen LogP contribution >= 0.6 is 0 Å². The minimum atomic E-state index is -0.543. The van der Waals surface area contributed by atoms with Crippen LogP contribution in [0.2, 0.25) is 0 Å². The van der Waals surface area contributed by atoms with E-state index >= 15 is 0 Å². The molecular weight excluding hydrogens is 633 g/mol. The first-order valence-electron chi connectivity index (χ1n) is 19.0. The summed E-state index contributed by atoms with van der Waals surface area (Å²) in [7, 11) is 0. The summed E-state index contributed by atoms with van der Waals surface area (Å²) in [5, 5.41) is 15.8. The third-order valence-electron chi connectivity index (χ3n) is 12.8. The summed E-state index contributed by atoms with van der Waals surface area (Å²) in [6, 6.07) is 50.5. The van der Waals surface area contributed by atoms with Crippen LogP contribution < -0.4 is 10.2 Å². The Morgan fingerprint density at radius 3 is 1.77 bits per heavy atom. The molecule has 9 rings (SSSR count). The van der Waals surface area contributed by atoms with Crippen LogP contribution in [0.15, 0.2) is 140 Å². The molecule has 2 aliphatic heterocycles. The summed E-state index contributed by atoms with van der Waals surface area (Å²) in [6.45, 7) is 11.8. The van der Waals surface area contributed by atoms with Crippen molar-refractivity contribution in [2.45, 2.75) is 82.1 Å². The molecule has 1 aliphatic carbocycles. The minimum Gasteiger partial charge on any atom is -0.508 e. The molecule has 52 heavy (non-hydrogen) atoms. The Bertz CT molecular complexity index is 2230. The lowest BCUT2D eigenvalue weighted by molar-refractivity contribution is 0.214. The van der Waals surface area contributed by atoms with Crippen LogP contribution in [0.4, 0.5) is 22.7 Å². The molecule has 6 aromatic rings. The van der Waals surface area contributed by atoms with Crippen molar-refractivity contribution >= 4 is 22.7 Å². The number of rotatable bonds is 4. The zero-order chi connectivity index (χ0) is 35.9. The normalized spacial score (nSPS) is 21.4. The number of phenols is 1. The SMILES string of the molecule is CC(C)(C)c1cc(-c2cc(O)cc(N3c4ccccc4C(c4ccccc4)(c4ccccc4)c4ccccc43)c2)c2c(c1)C1(C)CCCCC1(C)N2. The maximum Gasteiger partial charge on any atom is 0.118 e. The molecule has 2 atom stereocenters. The Morgan fingerprint density at radius 2 is 1.17 bits per heavy atom. The molecule has 3 heteroatoms. The van der Waals surface area contributed by atoms with E-state index in [-0.39, 0.29) is 22.1 Å². The van der Waals surface area contributed by atoms with Crippen molar-refractivity contribution in [2.75, 3.05) is 10.2 Å². The van der Waals surface area contributed by atoms with E-state index in [2.05, 4.69) is 172 Å². The van der Waals surface area contributed by atoms with Crippen molar-refractivity contribution in [3.05, 3.63) is 173 Å². The second-order valence-electron chi connectivity index (χ2n) is 16.8. The average molecular weight is 681 g/mol. The summed E-state index contributed by atoms with van der Waals surface area (Å²) in [5.74, 6) is 0.258. The number of benzene rings is 6. The van der Waals surface area contributed by atoms with E-state index in [0.717, 1.165) is 34.6 Å². The van der Waals surface area contributed by atoms with Crippen LogP contribution in [-0.4, -0.2) is 10.6 Å². The highest BCUT2D eigenvalue weighted by Gasteiger charge is 2.54. The number of fused-ring (bicyclic) bond motifs is 5. The maximum absolute atomic E-state index is 11.7. The third-order valence-corrected chi connectivity index (χ3v) is 12.8. The van der Waals surface area contributed by atoms with Crippen LogP contribution in [-0.2, 0) is 16.2 Å². The molecule has 0 amide bonds. The molecule has 3 nitrogen and oxygen atoms in total.